The summed E-state index contributed by atoms with van der Waals surface area (Å²) in [4.78, 5) is 4.28. The summed E-state index contributed by atoms with van der Waals surface area (Å²) in [5.74, 6) is 0. The lowest BCUT2D eigenvalue weighted by molar-refractivity contribution is 0.208. The molecule has 0 bridgehead atoms. The quantitative estimate of drug-likeness (QED) is 0.805. The molecule has 0 aliphatic carbocycles. The molecule has 0 saturated heterocycles. The van der Waals surface area contributed by atoms with Gasteiger partial charge >= 0.3 is 0 Å². The van der Waals surface area contributed by atoms with Crippen molar-refractivity contribution in [1.29, 1.82) is 5.26 Å². The van der Waals surface area contributed by atoms with Gasteiger partial charge in [0, 0.05) is 6.54 Å². The van der Waals surface area contributed by atoms with E-state index < -0.39 is 6.10 Å². The minimum atomic E-state index is -0.451. The Kier molecular flexibility index (Phi) is 3.48. The van der Waals surface area contributed by atoms with E-state index in [1.165, 1.54) is 11.3 Å². The Hall–Kier alpha value is -0.830. The number of rotatable bonds is 3. The maximum atomic E-state index is 8.96. The van der Waals surface area contributed by atoms with Crippen LogP contribution in [0.25, 0.3) is 0 Å². The van der Waals surface area contributed by atoms with Crippen molar-refractivity contribution in [2.45, 2.75) is 13.0 Å². The maximum Gasteiger partial charge on any atom is 0.185 e. The smallest absolute Gasteiger partial charge is 0.185 e. The van der Waals surface area contributed by atoms with Crippen LogP contribution in [0.5, 0.6) is 0 Å². The highest BCUT2D eigenvalue weighted by Crippen LogP contribution is 2.25. The van der Waals surface area contributed by atoms with Crippen molar-refractivity contribution in [3.8, 4) is 6.07 Å². The van der Waals surface area contributed by atoms with E-state index in [0.29, 0.717) is 16.6 Å². The molecule has 1 rings (SSSR count). The predicted octanol–water partition coefficient (Wildman–Crippen LogP) is 1.46. The molecule has 0 unspecified atom stereocenters. The van der Waals surface area contributed by atoms with Gasteiger partial charge in [-0.05, 0) is 6.92 Å². The first-order valence-electron chi connectivity index (χ1n) is 3.62. The van der Waals surface area contributed by atoms with Crippen molar-refractivity contribution >= 4 is 28.1 Å². The van der Waals surface area contributed by atoms with Crippen LogP contribution in [0, 0.1) is 11.3 Å². The lowest BCUT2D eigenvalue weighted by atomic mass is 10.4. The van der Waals surface area contributed by atoms with Crippen LogP contribution in [-0.4, -0.2) is 22.7 Å². The molecule has 0 fully saturated rings. The van der Waals surface area contributed by atoms with Gasteiger partial charge in [0.25, 0.3) is 0 Å². The Bertz CT molecular complexity index is 331. The van der Waals surface area contributed by atoms with E-state index in [0.717, 1.165) is 0 Å². The molecular weight excluding hydrogens is 210 g/mol. The molecule has 4 nitrogen and oxygen atoms in total. The molecule has 0 amide bonds. The van der Waals surface area contributed by atoms with Crippen LogP contribution >= 0.6 is 22.9 Å². The highest BCUT2D eigenvalue weighted by molar-refractivity contribution is 7.16. The third-order valence-corrected chi connectivity index (χ3v) is 2.54. The van der Waals surface area contributed by atoms with Gasteiger partial charge in [0.2, 0.25) is 0 Å². The fourth-order valence-electron chi connectivity index (χ4n) is 0.681. The van der Waals surface area contributed by atoms with Crippen LogP contribution < -0.4 is 5.32 Å². The molecule has 0 saturated carbocycles. The minimum absolute atomic E-state index is 0.209. The number of aliphatic hydroxyl groups excluding tert-OH is 1. The van der Waals surface area contributed by atoms with E-state index in [1.807, 2.05) is 6.07 Å². The largest absolute Gasteiger partial charge is 0.392 e. The number of hydrogen-bond donors (Lipinski definition) is 2. The summed E-state index contributed by atoms with van der Waals surface area (Å²) in [6, 6.07) is 1.92. The average molecular weight is 218 g/mol. The normalized spacial score (nSPS) is 12.2. The monoisotopic (exact) mass is 217 g/mol. The molecule has 2 N–H and O–H groups in total. The van der Waals surface area contributed by atoms with Crippen LogP contribution in [0.2, 0.25) is 5.15 Å². The molecule has 0 aliphatic heterocycles. The number of nitrogens with zero attached hydrogens (tertiary/aromatic N) is 2. The summed E-state index contributed by atoms with van der Waals surface area (Å²) >= 11 is 6.81. The first-order valence-corrected chi connectivity index (χ1v) is 4.81. The lowest BCUT2D eigenvalue weighted by Gasteiger charge is -2.03. The summed E-state index contributed by atoms with van der Waals surface area (Å²) in [6.07, 6.45) is -0.451. The average Bonchev–Trinajstić information content (AvgIpc) is 2.43. The Morgan fingerprint density at radius 1 is 1.85 bits per heavy atom. The molecule has 1 atom stereocenters. The third kappa shape index (κ3) is 2.84. The molecule has 6 heteroatoms. The van der Waals surface area contributed by atoms with Gasteiger partial charge in [-0.25, -0.2) is 4.98 Å². The number of aliphatic hydroxyl groups is 1. The maximum absolute atomic E-state index is 8.96. The predicted molar refractivity (Wildman–Crippen MR) is 52.0 cm³/mol. The highest BCUT2D eigenvalue weighted by atomic mass is 35.5. The Balaban J connectivity index is 2.64. The Labute approximate surface area is 84.8 Å². The third-order valence-electron chi connectivity index (χ3n) is 1.24. The molecule has 0 spiro atoms. The van der Waals surface area contributed by atoms with Crippen LogP contribution in [0.4, 0.5) is 5.13 Å². The van der Waals surface area contributed by atoms with Gasteiger partial charge in [-0.15, -0.1) is 0 Å². The zero-order chi connectivity index (χ0) is 9.84. The summed E-state index contributed by atoms with van der Waals surface area (Å²) in [6.45, 7) is 2.06. The van der Waals surface area contributed by atoms with Crippen LogP contribution in [0.15, 0.2) is 0 Å². The van der Waals surface area contributed by atoms with E-state index in [1.54, 1.807) is 6.92 Å². The fourth-order valence-corrected chi connectivity index (χ4v) is 1.64. The van der Waals surface area contributed by atoms with Gasteiger partial charge in [0.1, 0.15) is 10.9 Å². The van der Waals surface area contributed by atoms with Gasteiger partial charge < -0.3 is 10.4 Å². The van der Waals surface area contributed by atoms with Gasteiger partial charge in [0.15, 0.2) is 10.3 Å². The van der Waals surface area contributed by atoms with Crippen molar-refractivity contribution in [2.24, 2.45) is 0 Å². The Morgan fingerprint density at radius 2 is 2.54 bits per heavy atom. The molecule has 0 aromatic carbocycles. The van der Waals surface area contributed by atoms with E-state index in [-0.39, 0.29) is 5.15 Å². The highest BCUT2D eigenvalue weighted by Gasteiger charge is 2.08. The number of thiazole rings is 1. The van der Waals surface area contributed by atoms with Crippen molar-refractivity contribution in [3.63, 3.8) is 0 Å². The van der Waals surface area contributed by atoms with E-state index in [2.05, 4.69) is 10.3 Å². The van der Waals surface area contributed by atoms with Crippen molar-refractivity contribution in [1.82, 2.24) is 4.98 Å². The number of aromatic nitrogens is 1. The fraction of sp³-hybridized carbons (Fsp3) is 0.429. The first kappa shape index (κ1) is 10.3. The van der Waals surface area contributed by atoms with E-state index >= 15 is 0 Å². The summed E-state index contributed by atoms with van der Waals surface area (Å²) < 4.78 is 0. The summed E-state index contributed by atoms with van der Waals surface area (Å²) in [5, 5.41) is 21.2. The van der Waals surface area contributed by atoms with Gasteiger partial charge in [-0.3, -0.25) is 0 Å². The summed E-state index contributed by atoms with van der Waals surface area (Å²) in [5.41, 5.74) is 0. The minimum Gasteiger partial charge on any atom is -0.392 e. The van der Waals surface area contributed by atoms with Gasteiger partial charge in [0.05, 0.1) is 6.10 Å². The van der Waals surface area contributed by atoms with Crippen molar-refractivity contribution in [2.75, 3.05) is 11.9 Å². The molecule has 13 heavy (non-hydrogen) atoms. The standard InChI is InChI=1S/C7H8ClN3OS/c1-4(12)3-10-7-11-6(8)5(2-9)13-7/h4,12H,3H2,1H3,(H,10,11)/t4-/m0/s1. The van der Waals surface area contributed by atoms with Crippen molar-refractivity contribution in [3.05, 3.63) is 10.0 Å². The van der Waals surface area contributed by atoms with E-state index in [4.69, 9.17) is 22.0 Å². The molecule has 0 radical (unpaired) electrons. The first-order chi connectivity index (χ1) is 6.13. The number of nitrogens with one attached hydrogen (secondary N) is 1. The topological polar surface area (TPSA) is 68.9 Å². The zero-order valence-electron chi connectivity index (χ0n) is 6.91. The molecule has 70 valence electrons. The number of anilines is 1. The zero-order valence-corrected chi connectivity index (χ0v) is 8.48. The SMILES string of the molecule is C[C@H](O)CNc1nc(Cl)c(C#N)s1. The molecule has 1 aromatic rings. The number of halogens is 1. The second-order valence-electron chi connectivity index (χ2n) is 2.48. The molecule has 1 heterocycles. The summed E-state index contributed by atoms with van der Waals surface area (Å²) in [7, 11) is 0. The van der Waals surface area contributed by atoms with Gasteiger partial charge in [-0.2, -0.15) is 5.26 Å². The van der Waals surface area contributed by atoms with Crippen LogP contribution in [0.1, 0.15) is 11.8 Å². The van der Waals surface area contributed by atoms with Gasteiger partial charge in [-0.1, -0.05) is 22.9 Å². The number of hydrogen-bond acceptors (Lipinski definition) is 5. The van der Waals surface area contributed by atoms with Crippen LogP contribution in [-0.2, 0) is 0 Å². The van der Waals surface area contributed by atoms with Crippen molar-refractivity contribution < 1.29 is 5.11 Å². The molecular formula is C7H8ClN3OS. The molecule has 1 aromatic heterocycles. The Morgan fingerprint density at radius 3 is 3.00 bits per heavy atom. The lowest BCUT2D eigenvalue weighted by Crippen LogP contribution is -2.14. The number of nitriles is 1. The van der Waals surface area contributed by atoms with Crippen LogP contribution in [0.3, 0.4) is 0 Å². The second-order valence-corrected chi connectivity index (χ2v) is 3.84. The van der Waals surface area contributed by atoms with E-state index in [9.17, 15) is 0 Å². The second kappa shape index (κ2) is 4.42. The molecule has 0 aliphatic rings.